The summed E-state index contributed by atoms with van der Waals surface area (Å²) in [6.07, 6.45) is 3.50. The van der Waals surface area contributed by atoms with Crippen LogP contribution in [-0.2, 0) is 0 Å². The number of benzene rings is 1. The summed E-state index contributed by atoms with van der Waals surface area (Å²) in [6.45, 7) is 2.00. The van der Waals surface area contributed by atoms with Gasteiger partial charge in [0.25, 0.3) is 0 Å². The smallest absolute Gasteiger partial charge is 0.137 e. The molecule has 2 aromatic rings. The van der Waals surface area contributed by atoms with Crippen LogP contribution in [0.3, 0.4) is 0 Å². The number of nitrogens with two attached hydrogens (primary N) is 1. The standard InChI is InChI=1S/C13H14N2O/c1-9-12(4-3-5-13(9)14)10-6-11(16-2)8-15-7-10/h3-8H,14H2,1-2H3. The van der Waals surface area contributed by atoms with Gasteiger partial charge in [0, 0.05) is 17.4 Å². The van der Waals surface area contributed by atoms with Crippen molar-refractivity contribution in [1.82, 2.24) is 4.98 Å². The molecule has 3 heteroatoms. The molecular formula is C13H14N2O. The highest BCUT2D eigenvalue weighted by atomic mass is 16.5. The lowest BCUT2D eigenvalue weighted by atomic mass is 10.0. The van der Waals surface area contributed by atoms with Crippen molar-refractivity contribution < 1.29 is 4.74 Å². The number of anilines is 1. The molecule has 0 aliphatic heterocycles. The number of nitrogens with zero attached hydrogens (tertiary/aromatic N) is 1. The van der Waals surface area contributed by atoms with Crippen molar-refractivity contribution >= 4 is 5.69 Å². The normalized spacial score (nSPS) is 10.1. The molecule has 82 valence electrons. The fourth-order valence-corrected chi connectivity index (χ4v) is 1.64. The van der Waals surface area contributed by atoms with Gasteiger partial charge < -0.3 is 10.5 Å². The zero-order chi connectivity index (χ0) is 11.5. The van der Waals surface area contributed by atoms with Gasteiger partial charge in [-0.3, -0.25) is 4.98 Å². The van der Waals surface area contributed by atoms with Gasteiger partial charge in [0.15, 0.2) is 0 Å². The average molecular weight is 214 g/mol. The Morgan fingerprint density at radius 2 is 2.06 bits per heavy atom. The Hall–Kier alpha value is -2.03. The molecule has 0 unspecified atom stereocenters. The molecule has 0 aliphatic carbocycles. The molecule has 0 atom stereocenters. The maximum Gasteiger partial charge on any atom is 0.137 e. The summed E-state index contributed by atoms with van der Waals surface area (Å²) in [5.74, 6) is 0.749. The van der Waals surface area contributed by atoms with E-state index in [2.05, 4.69) is 4.98 Å². The predicted molar refractivity (Wildman–Crippen MR) is 65.4 cm³/mol. The molecule has 1 aromatic carbocycles. The molecule has 1 aromatic heterocycles. The van der Waals surface area contributed by atoms with Crippen LogP contribution in [0.25, 0.3) is 11.1 Å². The molecule has 2 N–H and O–H groups in total. The molecule has 0 spiro atoms. The number of hydrogen-bond acceptors (Lipinski definition) is 3. The van der Waals surface area contributed by atoms with E-state index in [4.69, 9.17) is 10.5 Å². The van der Waals surface area contributed by atoms with Crippen molar-refractivity contribution in [2.45, 2.75) is 6.92 Å². The van der Waals surface area contributed by atoms with Gasteiger partial charge in [0.05, 0.1) is 13.3 Å². The molecule has 3 nitrogen and oxygen atoms in total. The Morgan fingerprint density at radius 3 is 2.81 bits per heavy atom. The van der Waals surface area contributed by atoms with E-state index in [0.717, 1.165) is 28.1 Å². The second-order valence-corrected chi connectivity index (χ2v) is 3.63. The van der Waals surface area contributed by atoms with Gasteiger partial charge in [-0.05, 0) is 30.2 Å². The minimum Gasteiger partial charge on any atom is -0.495 e. The van der Waals surface area contributed by atoms with Crippen molar-refractivity contribution in [3.05, 3.63) is 42.2 Å². The summed E-state index contributed by atoms with van der Waals surface area (Å²) < 4.78 is 5.15. The Bertz CT molecular complexity index is 509. The highest BCUT2D eigenvalue weighted by Crippen LogP contribution is 2.28. The summed E-state index contributed by atoms with van der Waals surface area (Å²) >= 11 is 0. The van der Waals surface area contributed by atoms with E-state index >= 15 is 0 Å². The summed E-state index contributed by atoms with van der Waals surface area (Å²) in [5.41, 5.74) is 9.84. The Kier molecular flexibility index (Phi) is 2.77. The maximum absolute atomic E-state index is 5.88. The lowest BCUT2D eigenvalue weighted by molar-refractivity contribution is 0.413. The molecule has 2 rings (SSSR count). The van der Waals surface area contributed by atoms with Gasteiger partial charge >= 0.3 is 0 Å². The number of ether oxygens (including phenoxy) is 1. The zero-order valence-corrected chi connectivity index (χ0v) is 9.40. The average Bonchev–Trinajstić information content (AvgIpc) is 2.33. The molecule has 0 bridgehead atoms. The molecule has 16 heavy (non-hydrogen) atoms. The fourth-order valence-electron chi connectivity index (χ4n) is 1.64. The second-order valence-electron chi connectivity index (χ2n) is 3.63. The van der Waals surface area contributed by atoms with Gasteiger partial charge in [-0.2, -0.15) is 0 Å². The van der Waals surface area contributed by atoms with Crippen LogP contribution in [0.2, 0.25) is 0 Å². The second kappa shape index (κ2) is 4.23. The number of nitrogen functional groups attached to an aromatic ring is 1. The number of hydrogen-bond donors (Lipinski definition) is 1. The monoisotopic (exact) mass is 214 g/mol. The minimum absolute atomic E-state index is 0.749. The summed E-state index contributed by atoms with van der Waals surface area (Å²) in [5, 5.41) is 0. The van der Waals surface area contributed by atoms with Crippen molar-refractivity contribution in [3.8, 4) is 16.9 Å². The Morgan fingerprint density at radius 1 is 1.25 bits per heavy atom. The van der Waals surface area contributed by atoms with E-state index in [1.54, 1.807) is 13.3 Å². The summed E-state index contributed by atoms with van der Waals surface area (Å²) in [7, 11) is 1.63. The molecule has 1 heterocycles. The third kappa shape index (κ3) is 1.84. The van der Waals surface area contributed by atoms with Crippen LogP contribution in [-0.4, -0.2) is 12.1 Å². The van der Waals surface area contributed by atoms with Crippen LogP contribution in [0.15, 0.2) is 36.7 Å². The number of methoxy groups -OCH3 is 1. The lowest BCUT2D eigenvalue weighted by Crippen LogP contribution is -1.93. The van der Waals surface area contributed by atoms with E-state index in [1.165, 1.54) is 0 Å². The molecule has 0 radical (unpaired) electrons. The molecule has 0 amide bonds. The number of pyridine rings is 1. The quantitative estimate of drug-likeness (QED) is 0.782. The zero-order valence-electron chi connectivity index (χ0n) is 9.40. The van der Waals surface area contributed by atoms with Crippen LogP contribution >= 0.6 is 0 Å². The molecule has 0 fully saturated rings. The van der Waals surface area contributed by atoms with E-state index in [1.807, 2.05) is 37.4 Å². The van der Waals surface area contributed by atoms with Crippen LogP contribution in [0.1, 0.15) is 5.56 Å². The predicted octanol–water partition coefficient (Wildman–Crippen LogP) is 2.65. The molecule has 0 saturated carbocycles. The van der Waals surface area contributed by atoms with Gasteiger partial charge in [-0.25, -0.2) is 0 Å². The van der Waals surface area contributed by atoms with Crippen LogP contribution in [0, 0.1) is 6.92 Å². The van der Waals surface area contributed by atoms with Crippen molar-refractivity contribution in [2.75, 3.05) is 12.8 Å². The molecular weight excluding hydrogens is 200 g/mol. The Balaban J connectivity index is 2.54. The van der Waals surface area contributed by atoms with Crippen molar-refractivity contribution in [3.63, 3.8) is 0 Å². The fraction of sp³-hybridized carbons (Fsp3) is 0.154. The highest BCUT2D eigenvalue weighted by Gasteiger charge is 2.05. The third-order valence-electron chi connectivity index (χ3n) is 2.64. The SMILES string of the molecule is COc1cncc(-c2cccc(N)c2C)c1. The topological polar surface area (TPSA) is 48.1 Å². The first-order valence-corrected chi connectivity index (χ1v) is 5.07. The van der Waals surface area contributed by atoms with Gasteiger partial charge in [0.1, 0.15) is 5.75 Å². The van der Waals surface area contributed by atoms with Crippen molar-refractivity contribution in [2.24, 2.45) is 0 Å². The van der Waals surface area contributed by atoms with E-state index in [9.17, 15) is 0 Å². The molecule has 0 saturated heterocycles. The number of rotatable bonds is 2. The molecule has 0 aliphatic rings. The summed E-state index contributed by atoms with van der Waals surface area (Å²) in [6, 6.07) is 7.82. The van der Waals surface area contributed by atoms with Crippen LogP contribution in [0.5, 0.6) is 5.75 Å². The largest absolute Gasteiger partial charge is 0.495 e. The first-order valence-electron chi connectivity index (χ1n) is 5.07. The summed E-state index contributed by atoms with van der Waals surface area (Å²) in [4.78, 5) is 4.14. The maximum atomic E-state index is 5.88. The first kappa shape index (κ1) is 10.5. The highest BCUT2D eigenvalue weighted by molar-refractivity contribution is 5.72. The lowest BCUT2D eigenvalue weighted by Gasteiger charge is -2.09. The minimum atomic E-state index is 0.749. The first-order chi connectivity index (χ1) is 7.72. The van der Waals surface area contributed by atoms with Gasteiger partial charge in [-0.1, -0.05) is 12.1 Å². The number of aromatic nitrogens is 1. The van der Waals surface area contributed by atoms with Crippen molar-refractivity contribution in [1.29, 1.82) is 0 Å². The van der Waals surface area contributed by atoms with E-state index < -0.39 is 0 Å². The van der Waals surface area contributed by atoms with Gasteiger partial charge in [-0.15, -0.1) is 0 Å². The van der Waals surface area contributed by atoms with E-state index in [-0.39, 0.29) is 0 Å². The van der Waals surface area contributed by atoms with Crippen LogP contribution < -0.4 is 10.5 Å². The van der Waals surface area contributed by atoms with Gasteiger partial charge in [0.2, 0.25) is 0 Å². The third-order valence-corrected chi connectivity index (χ3v) is 2.64. The Labute approximate surface area is 94.9 Å². The van der Waals surface area contributed by atoms with Crippen LogP contribution in [0.4, 0.5) is 5.69 Å². The van der Waals surface area contributed by atoms with E-state index in [0.29, 0.717) is 0 Å².